The maximum atomic E-state index is 11.4. The van der Waals surface area contributed by atoms with E-state index in [2.05, 4.69) is 104 Å². The van der Waals surface area contributed by atoms with E-state index < -0.39 is 5.92 Å². The molecule has 3 rings (SSSR count). The molecule has 1 aliphatic carbocycles. The molecule has 2 saturated heterocycles. The van der Waals surface area contributed by atoms with E-state index in [4.69, 9.17) is 7.57 Å². The van der Waals surface area contributed by atoms with Crippen LogP contribution in [0.2, 0.25) is 13.6 Å². The molecule has 1 saturated carbocycles. The third-order valence-electron chi connectivity index (χ3n) is 4.97. The highest BCUT2D eigenvalue weighted by Gasteiger charge is 2.32. The van der Waals surface area contributed by atoms with Crippen molar-refractivity contribution >= 4 is 142 Å². The fraction of sp³-hybridized carbons (Fsp3) is 0.714. The highest BCUT2D eigenvalue weighted by Crippen LogP contribution is 2.32. The molecule has 39 heavy (non-hydrogen) atoms. The molecule has 2 radical (unpaired) electrons. The van der Waals surface area contributed by atoms with E-state index in [0.717, 1.165) is 8.58 Å². The number of rotatable bonds is 6. The van der Waals surface area contributed by atoms with Gasteiger partial charge in [0.15, 0.2) is 0 Å². The van der Waals surface area contributed by atoms with Crippen molar-refractivity contribution < 1.29 is 28.8 Å². The first-order valence-corrected chi connectivity index (χ1v) is 20.8. The molecule has 218 valence electrons. The summed E-state index contributed by atoms with van der Waals surface area (Å²) in [6.07, 6.45) is 2.68. The zero-order valence-electron chi connectivity index (χ0n) is 23.0. The van der Waals surface area contributed by atoms with E-state index in [1.807, 2.05) is 6.66 Å². The summed E-state index contributed by atoms with van der Waals surface area (Å²) >= 11 is 6.80. The summed E-state index contributed by atoms with van der Waals surface area (Å²) in [4.78, 5) is 68.9. The van der Waals surface area contributed by atoms with E-state index in [0.29, 0.717) is 64.6 Å². The van der Waals surface area contributed by atoms with Gasteiger partial charge in [0.05, 0.1) is 5.92 Å². The maximum Gasteiger partial charge on any atom is 0.236 e. The van der Waals surface area contributed by atoms with Crippen LogP contribution in [0, 0.1) is 5.92 Å². The summed E-state index contributed by atoms with van der Waals surface area (Å²) in [6, 6.07) is 0. The van der Waals surface area contributed by atoms with Gasteiger partial charge in [-0.3, -0.25) is 38.6 Å². The van der Waals surface area contributed by atoms with Gasteiger partial charge in [-0.25, -0.2) is 0 Å². The van der Waals surface area contributed by atoms with Gasteiger partial charge in [0.2, 0.25) is 32.2 Å². The van der Waals surface area contributed by atoms with Gasteiger partial charge >= 0.3 is 0 Å². The van der Waals surface area contributed by atoms with Crippen LogP contribution in [0.5, 0.6) is 0 Å². The molecular weight excluding hydrogens is 896 g/mol. The van der Waals surface area contributed by atoms with Gasteiger partial charge in [-0.15, -0.1) is 44.7 Å². The second-order valence-electron chi connectivity index (χ2n) is 8.69. The SMILES string of the molecule is CB(P)I.CB(P)I.CN1C(=O)CCC1=O.O=C1CCC(=O)C1CCNCCN1C(=O)CCC1=O.[B]P(C)I. The summed E-state index contributed by atoms with van der Waals surface area (Å²) in [5, 5.41) is 3.07. The first-order valence-electron chi connectivity index (χ1n) is 12.3. The summed E-state index contributed by atoms with van der Waals surface area (Å²) in [5.74, 6) is -0.721. The molecule has 2 heterocycles. The molecular formula is C21H38B3I3N3O6P3. The fourth-order valence-corrected chi connectivity index (χ4v) is 3.22. The minimum Gasteiger partial charge on any atom is -0.315 e. The van der Waals surface area contributed by atoms with E-state index in [1.165, 1.54) is 16.8 Å². The van der Waals surface area contributed by atoms with Gasteiger partial charge in [-0.2, -0.15) is 18.2 Å². The van der Waals surface area contributed by atoms with Crippen LogP contribution in [0.3, 0.4) is 0 Å². The second-order valence-corrected chi connectivity index (χ2v) is 22.9. The van der Waals surface area contributed by atoms with E-state index in [1.54, 1.807) is 0 Å². The Bertz CT molecular complexity index is 724. The van der Waals surface area contributed by atoms with Crippen molar-refractivity contribution in [1.29, 1.82) is 0 Å². The number of carbonyl (C=O) groups excluding carboxylic acids is 6. The molecule has 2 aliphatic heterocycles. The molecule has 1 N–H and O–H groups in total. The Balaban J connectivity index is 0. The van der Waals surface area contributed by atoms with Crippen LogP contribution in [-0.2, 0) is 28.8 Å². The first kappa shape index (κ1) is 42.4. The van der Waals surface area contributed by atoms with Crippen molar-refractivity contribution in [3.8, 4) is 0 Å². The van der Waals surface area contributed by atoms with Crippen LogP contribution in [0.25, 0.3) is 0 Å². The number of nitrogens with zero attached hydrogens (tertiary/aromatic N) is 2. The lowest BCUT2D eigenvalue weighted by Crippen LogP contribution is -2.36. The number of amides is 4. The summed E-state index contributed by atoms with van der Waals surface area (Å²) in [7, 11) is 12.0. The van der Waals surface area contributed by atoms with Crippen LogP contribution >= 0.6 is 90.5 Å². The Morgan fingerprint density at radius 1 is 0.846 bits per heavy atom. The molecule has 3 fully saturated rings. The second kappa shape index (κ2) is 24.7. The number of likely N-dealkylation sites (tertiary alicyclic amines) is 2. The number of Topliss-reactive ketones (excluding diaryl/α,β-unsaturated/α-hetero) is 2. The summed E-state index contributed by atoms with van der Waals surface area (Å²) in [5.41, 5.74) is -0.150. The van der Waals surface area contributed by atoms with Gasteiger partial charge in [-0.05, 0) is 19.6 Å². The Morgan fingerprint density at radius 2 is 1.18 bits per heavy atom. The quantitative estimate of drug-likeness (QED) is 0.108. The van der Waals surface area contributed by atoms with Gasteiger partial charge < -0.3 is 5.32 Å². The highest BCUT2D eigenvalue weighted by atomic mass is 127. The van der Waals surface area contributed by atoms with Crippen molar-refractivity contribution in [3.05, 3.63) is 0 Å². The highest BCUT2D eigenvalue weighted by molar-refractivity contribution is 14.2. The number of carbonyl (C=O) groups is 6. The monoisotopic (exact) mass is 935 g/mol. The lowest BCUT2D eigenvalue weighted by molar-refractivity contribution is -0.139. The lowest BCUT2D eigenvalue weighted by Gasteiger charge is -2.14. The number of hydrogen-bond acceptors (Lipinski definition) is 7. The van der Waals surface area contributed by atoms with Crippen molar-refractivity contribution in [1.82, 2.24) is 15.1 Å². The van der Waals surface area contributed by atoms with Crippen LogP contribution in [0.1, 0.15) is 44.9 Å². The van der Waals surface area contributed by atoms with E-state index in [-0.39, 0.29) is 40.6 Å². The lowest BCUT2D eigenvalue weighted by atomic mass is 10.0. The van der Waals surface area contributed by atoms with Gasteiger partial charge in [0, 0.05) is 58.7 Å². The molecule has 0 spiro atoms. The number of ketones is 2. The van der Waals surface area contributed by atoms with Crippen molar-refractivity contribution in [2.75, 3.05) is 33.3 Å². The molecule has 18 heteroatoms. The molecule has 9 nitrogen and oxygen atoms in total. The van der Waals surface area contributed by atoms with Crippen molar-refractivity contribution in [2.24, 2.45) is 5.92 Å². The van der Waals surface area contributed by atoms with Crippen molar-refractivity contribution in [3.63, 3.8) is 0 Å². The molecule has 0 aromatic rings. The van der Waals surface area contributed by atoms with Crippen molar-refractivity contribution in [2.45, 2.75) is 58.6 Å². The summed E-state index contributed by atoms with van der Waals surface area (Å²) in [6.45, 7) is 7.65. The topological polar surface area (TPSA) is 121 Å². The Morgan fingerprint density at radius 3 is 1.49 bits per heavy atom. The largest absolute Gasteiger partial charge is 0.315 e. The average molecular weight is 935 g/mol. The van der Waals surface area contributed by atoms with Gasteiger partial charge in [0.25, 0.3) is 0 Å². The number of halogens is 3. The smallest absolute Gasteiger partial charge is 0.236 e. The molecule has 3 atom stereocenters. The third kappa shape index (κ3) is 23.4. The standard InChI is InChI=1S/C13H18N2O4.C5H7NO2.CH3BIP.2CH5BIP/c16-10-1-2-11(17)9(10)5-6-14-7-8-15-12(18)3-4-13(15)19;1-6-4(7)2-3-5(6)8;1-4(2)3;2*1-2(3)4/h9,14H,1-8H2;2-3H2,1H3;1H3;2*4H2,1H3. The molecule has 0 aromatic heterocycles. The predicted octanol–water partition coefficient (Wildman–Crippen LogP) is 3.79. The number of hydrogen-bond donors (Lipinski definition) is 1. The number of nitrogens with one attached hydrogen (secondary N) is 1. The molecule has 4 amide bonds. The molecule has 0 bridgehead atoms. The first-order chi connectivity index (χ1) is 18.0. The maximum absolute atomic E-state index is 11.4. The molecule has 3 unspecified atom stereocenters. The Kier molecular flexibility index (Phi) is 26.8. The van der Waals surface area contributed by atoms with Gasteiger partial charge in [-0.1, -0.05) is 41.1 Å². The third-order valence-corrected chi connectivity index (χ3v) is 4.97. The summed E-state index contributed by atoms with van der Waals surface area (Å²) < 4.78 is 1.44. The molecule has 3 aliphatic rings. The average Bonchev–Trinajstić information content (AvgIpc) is 3.40. The fourth-order valence-electron chi connectivity index (χ4n) is 3.22. The Labute approximate surface area is 281 Å². The number of imide groups is 2. The van der Waals surface area contributed by atoms with Gasteiger partial charge in [0.1, 0.15) is 19.1 Å². The molecule has 0 aromatic carbocycles. The zero-order valence-corrected chi connectivity index (χ0v) is 32.6. The minimum atomic E-state index is -0.442. The van der Waals surface area contributed by atoms with E-state index >= 15 is 0 Å². The normalized spacial score (nSPS) is 17.4. The van der Waals surface area contributed by atoms with Crippen LogP contribution in [0.15, 0.2) is 0 Å². The zero-order chi connectivity index (χ0) is 30.7. The van der Waals surface area contributed by atoms with E-state index in [9.17, 15) is 28.8 Å². The predicted molar refractivity (Wildman–Crippen MR) is 197 cm³/mol. The minimum absolute atomic E-state index is 0.0386. The van der Waals surface area contributed by atoms with Crippen LogP contribution in [0.4, 0.5) is 0 Å². The van der Waals surface area contributed by atoms with Crippen LogP contribution < -0.4 is 5.32 Å². The van der Waals surface area contributed by atoms with Crippen LogP contribution in [-0.4, -0.2) is 94.5 Å². The Hall–Kier alpha value is 1.25.